The molecule has 1 aliphatic heterocycles. The van der Waals surface area contributed by atoms with Crippen LogP contribution in [-0.4, -0.2) is 50.8 Å². The number of para-hydroxylation sites is 1. The average molecular weight is 408 g/mol. The first kappa shape index (κ1) is 20.3. The lowest BCUT2D eigenvalue weighted by Crippen LogP contribution is -2.46. The molecule has 1 aromatic heterocycles. The fraction of sp³-hybridized carbons (Fsp3) is 0.375. The van der Waals surface area contributed by atoms with Crippen LogP contribution in [0.2, 0.25) is 0 Å². The SMILES string of the molecule is CCOc1cc2ccc(=O)oc2cc1OCCCN1CCN(c2ccccc2)CC1. The second kappa shape index (κ2) is 9.67. The van der Waals surface area contributed by atoms with Crippen molar-refractivity contribution in [3.8, 4) is 11.5 Å². The molecular formula is C24H28N2O4. The van der Waals surface area contributed by atoms with Gasteiger partial charge in [0.1, 0.15) is 5.58 Å². The summed E-state index contributed by atoms with van der Waals surface area (Å²) in [5, 5.41) is 0.821. The van der Waals surface area contributed by atoms with Crippen molar-refractivity contribution in [2.45, 2.75) is 13.3 Å². The van der Waals surface area contributed by atoms with Crippen LogP contribution < -0.4 is 20.0 Å². The highest BCUT2D eigenvalue weighted by Crippen LogP contribution is 2.32. The molecule has 1 fully saturated rings. The van der Waals surface area contributed by atoms with Crippen LogP contribution in [0.25, 0.3) is 11.0 Å². The molecule has 2 heterocycles. The van der Waals surface area contributed by atoms with Gasteiger partial charge in [0.05, 0.1) is 13.2 Å². The highest BCUT2D eigenvalue weighted by atomic mass is 16.5. The van der Waals surface area contributed by atoms with Crippen molar-refractivity contribution in [3.63, 3.8) is 0 Å². The largest absolute Gasteiger partial charge is 0.490 e. The molecule has 4 rings (SSSR count). The minimum atomic E-state index is -0.368. The maximum absolute atomic E-state index is 11.5. The summed E-state index contributed by atoms with van der Waals surface area (Å²) in [6.07, 6.45) is 0.924. The maximum Gasteiger partial charge on any atom is 0.336 e. The second-order valence-electron chi connectivity index (χ2n) is 7.39. The smallest absolute Gasteiger partial charge is 0.336 e. The Morgan fingerprint density at radius 1 is 0.933 bits per heavy atom. The van der Waals surface area contributed by atoms with Crippen LogP contribution in [0.3, 0.4) is 0 Å². The van der Waals surface area contributed by atoms with Gasteiger partial charge in [0.25, 0.3) is 0 Å². The summed E-state index contributed by atoms with van der Waals surface area (Å²) >= 11 is 0. The first-order valence-electron chi connectivity index (χ1n) is 10.6. The minimum Gasteiger partial charge on any atom is -0.490 e. The van der Waals surface area contributed by atoms with Crippen molar-refractivity contribution in [1.29, 1.82) is 0 Å². The molecule has 6 nitrogen and oxygen atoms in total. The zero-order valence-electron chi connectivity index (χ0n) is 17.4. The molecule has 0 amide bonds. The fourth-order valence-corrected chi connectivity index (χ4v) is 3.80. The lowest BCUT2D eigenvalue weighted by atomic mass is 10.2. The zero-order chi connectivity index (χ0) is 20.8. The molecule has 2 aromatic carbocycles. The van der Waals surface area contributed by atoms with Crippen molar-refractivity contribution in [2.75, 3.05) is 50.8 Å². The topological polar surface area (TPSA) is 55.2 Å². The van der Waals surface area contributed by atoms with E-state index < -0.39 is 0 Å². The number of anilines is 1. The number of nitrogens with zero attached hydrogens (tertiary/aromatic N) is 2. The molecule has 30 heavy (non-hydrogen) atoms. The molecule has 1 aliphatic rings. The average Bonchev–Trinajstić information content (AvgIpc) is 2.78. The third-order valence-electron chi connectivity index (χ3n) is 5.36. The summed E-state index contributed by atoms with van der Waals surface area (Å²) in [4.78, 5) is 16.4. The summed E-state index contributed by atoms with van der Waals surface area (Å²) in [5.74, 6) is 1.29. The first-order chi connectivity index (χ1) is 14.7. The highest BCUT2D eigenvalue weighted by molar-refractivity contribution is 5.80. The standard InChI is InChI=1S/C24H28N2O4/c1-2-28-22-17-19-9-10-24(27)30-21(19)18-23(22)29-16-6-11-25-12-14-26(15-13-25)20-7-4-3-5-8-20/h3-5,7-10,17-18H,2,6,11-16H2,1H3. The molecule has 158 valence electrons. The summed E-state index contributed by atoms with van der Waals surface area (Å²) in [7, 11) is 0. The van der Waals surface area contributed by atoms with Gasteiger partial charge < -0.3 is 18.8 Å². The predicted octanol–water partition coefficient (Wildman–Crippen LogP) is 3.78. The highest BCUT2D eigenvalue weighted by Gasteiger charge is 2.17. The van der Waals surface area contributed by atoms with Gasteiger partial charge >= 0.3 is 5.63 Å². The number of ether oxygens (including phenoxy) is 2. The number of hydrogen-bond donors (Lipinski definition) is 0. The van der Waals surface area contributed by atoms with Crippen molar-refractivity contribution in [3.05, 3.63) is 65.0 Å². The van der Waals surface area contributed by atoms with E-state index in [1.54, 1.807) is 12.1 Å². The van der Waals surface area contributed by atoms with Crippen molar-refractivity contribution < 1.29 is 13.9 Å². The monoisotopic (exact) mass is 408 g/mol. The van der Waals surface area contributed by atoms with E-state index in [4.69, 9.17) is 13.9 Å². The number of rotatable bonds is 8. The van der Waals surface area contributed by atoms with Gasteiger partial charge in [-0.2, -0.15) is 0 Å². The molecule has 0 radical (unpaired) electrons. The van der Waals surface area contributed by atoms with Crippen LogP contribution in [0.4, 0.5) is 5.69 Å². The van der Waals surface area contributed by atoms with Gasteiger partial charge in [-0.1, -0.05) is 18.2 Å². The Labute approximate surface area is 176 Å². The molecule has 3 aromatic rings. The summed E-state index contributed by atoms with van der Waals surface area (Å²) in [5.41, 5.74) is 1.44. The Bertz CT molecular complexity index is 1010. The Balaban J connectivity index is 1.29. The fourth-order valence-electron chi connectivity index (χ4n) is 3.80. The number of benzene rings is 2. The minimum absolute atomic E-state index is 0.368. The van der Waals surface area contributed by atoms with Crippen LogP contribution in [0, 0.1) is 0 Å². The van der Waals surface area contributed by atoms with E-state index >= 15 is 0 Å². The van der Waals surface area contributed by atoms with E-state index in [0.717, 1.165) is 44.5 Å². The van der Waals surface area contributed by atoms with Gasteiger partial charge in [-0.25, -0.2) is 4.79 Å². The lowest BCUT2D eigenvalue weighted by molar-refractivity contribution is 0.219. The van der Waals surface area contributed by atoms with Gasteiger partial charge in [-0.05, 0) is 37.6 Å². The van der Waals surface area contributed by atoms with E-state index in [0.29, 0.717) is 30.3 Å². The van der Waals surface area contributed by atoms with Crippen LogP contribution in [-0.2, 0) is 0 Å². The summed E-state index contributed by atoms with van der Waals surface area (Å²) in [6.45, 7) is 8.27. The van der Waals surface area contributed by atoms with E-state index in [1.807, 2.05) is 13.0 Å². The van der Waals surface area contributed by atoms with Crippen LogP contribution in [0.5, 0.6) is 11.5 Å². The van der Waals surface area contributed by atoms with E-state index in [-0.39, 0.29) is 5.63 Å². The number of piperazine rings is 1. The van der Waals surface area contributed by atoms with Crippen LogP contribution in [0.15, 0.2) is 63.8 Å². The van der Waals surface area contributed by atoms with Gasteiger partial charge in [-0.15, -0.1) is 0 Å². The van der Waals surface area contributed by atoms with E-state index in [9.17, 15) is 4.79 Å². The molecule has 0 saturated carbocycles. The van der Waals surface area contributed by atoms with Crippen molar-refractivity contribution >= 4 is 16.7 Å². The molecule has 0 spiro atoms. The predicted molar refractivity (Wildman–Crippen MR) is 119 cm³/mol. The lowest BCUT2D eigenvalue weighted by Gasteiger charge is -2.36. The second-order valence-corrected chi connectivity index (χ2v) is 7.39. The third-order valence-corrected chi connectivity index (χ3v) is 5.36. The number of fused-ring (bicyclic) bond motifs is 1. The quantitative estimate of drug-likeness (QED) is 0.418. The summed E-state index contributed by atoms with van der Waals surface area (Å²) in [6, 6.07) is 17.3. The van der Waals surface area contributed by atoms with Crippen LogP contribution in [0.1, 0.15) is 13.3 Å². The van der Waals surface area contributed by atoms with E-state index in [1.165, 1.54) is 11.8 Å². The van der Waals surface area contributed by atoms with Gasteiger partial charge in [-0.3, -0.25) is 4.90 Å². The Hall–Kier alpha value is -2.99. The van der Waals surface area contributed by atoms with Gasteiger partial charge in [0.2, 0.25) is 0 Å². The molecular weight excluding hydrogens is 380 g/mol. The summed E-state index contributed by atoms with van der Waals surface area (Å²) < 4.78 is 17.0. The van der Waals surface area contributed by atoms with Gasteiger partial charge in [0.15, 0.2) is 11.5 Å². The van der Waals surface area contributed by atoms with Crippen LogP contribution >= 0.6 is 0 Å². The number of hydrogen-bond acceptors (Lipinski definition) is 6. The molecule has 6 heteroatoms. The Morgan fingerprint density at radius 3 is 2.47 bits per heavy atom. The van der Waals surface area contributed by atoms with Gasteiger partial charge in [0, 0.05) is 55.9 Å². The first-order valence-corrected chi connectivity index (χ1v) is 10.6. The van der Waals surface area contributed by atoms with Crippen molar-refractivity contribution in [1.82, 2.24) is 4.90 Å². The van der Waals surface area contributed by atoms with E-state index in [2.05, 4.69) is 40.1 Å². The zero-order valence-corrected chi connectivity index (χ0v) is 17.4. The molecule has 0 N–H and O–H groups in total. The molecule has 1 saturated heterocycles. The van der Waals surface area contributed by atoms with Crippen molar-refractivity contribution in [2.24, 2.45) is 0 Å². The Kier molecular flexibility index (Phi) is 6.54. The maximum atomic E-state index is 11.5. The molecule has 0 atom stereocenters. The normalized spacial score (nSPS) is 14.8. The third kappa shape index (κ3) is 4.94. The molecule has 0 bridgehead atoms. The molecule has 0 aliphatic carbocycles. The Morgan fingerprint density at radius 2 is 1.70 bits per heavy atom. The molecule has 0 unspecified atom stereocenters.